The maximum atomic E-state index is 13.5. The maximum Gasteiger partial charge on any atom is 0.242 e. The minimum absolute atomic E-state index is 0.00416. The molecule has 0 bridgehead atoms. The zero-order chi connectivity index (χ0) is 24.8. The van der Waals surface area contributed by atoms with Crippen molar-refractivity contribution in [2.75, 3.05) is 13.1 Å². The highest BCUT2D eigenvalue weighted by molar-refractivity contribution is 6.05. The number of imide groups is 1. The molecule has 3 rings (SSSR count). The number of rotatable bonds is 10. The van der Waals surface area contributed by atoms with Crippen LogP contribution >= 0.6 is 0 Å². The molecule has 7 nitrogen and oxygen atoms in total. The molecule has 1 fully saturated rings. The molecule has 1 saturated heterocycles. The molecule has 1 aromatic rings. The summed E-state index contributed by atoms with van der Waals surface area (Å²) in [4.78, 5) is 54.9. The van der Waals surface area contributed by atoms with E-state index in [9.17, 15) is 19.2 Å². The van der Waals surface area contributed by atoms with Crippen LogP contribution in [-0.4, -0.2) is 52.6 Å². The minimum Gasteiger partial charge on any atom is -0.354 e. The normalized spacial score (nSPS) is 20.4. The molecule has 1 aliphatic carbocycles. The summed E-state index contributed by atoms with van der Waals surface area (Å²) in [6.45, 7) is 8.81. The van der Waals surface area contributed by atoms with E-state index in [4.69, 9.17) is 0 Å². The van der Waals surface area contributed by atoms with Crippen LogP contribution in [-0.2, 0) is 25.7 Å². The number of likely N-dealkylation sites (tertiary alicyclic amines) is 1. The van der Waals surface area contributed by atoms with Gasteiger partial charge in [0.1, 0.15) is 6.04 Å². The zero-order valence-electron chi connectivity index (χ0n) is 20.8. The number of nitrogens with one attached hydrogen (secondary N) is 1. The van der Waals surface area contributed by atoms with Crippen molar-refractivity contribution in [3.63, 3.8) is 0 Å². The quantitative estimate of drug-likeness (QED) is 0.423. The lowest BCUT2D eigenvalue weighted by Crippen LogP contribution is -2.50. The molecular weight excluding hydrogens is 430 g/mol. The molecular formula is C27H37N3O4. The summed E-state index contributed by atoms with van der Waals surface area (Å²) in [6.07, 6.45) is 5.53. The van der Waals surface area contributed by atoms with E-state index in [1.807, 2.05) is 64.1 Å². The van der Waals surface area contributed by atoms with Gasteiger partial charge in [0.25, 0.3) is 0 Å². The summed E-state index contributed by atoms with van der Waals surface area (Å²) < 4.78 is 0. The first-order valence-corrected chi connectivity index (χ1v) is 12.4. The van der Waals surface area contributed by atoms with Gasteiger partial charge >= 0.3 is 0 Å². The fourth-order valence-corrected chi connectivity index (χ4v) is 4.75. The molecule has 0 spiro atoms. The second-order valence-electron chi connectivity index (χ2n) is 9.75. The average Bonchev–Trinajstić information content (AvgIpc) is 3.06. The van der Waals surface area contributed by atoms with E-state index in [0.717, 1.165) is 11.1 Å². The van der Waals surface area contributed by atoms with Gasteiger partial charge in [-0.05, 0) is 43.2 Å². The van der Waals surface area contributed by atoms with Crippen LogP contribution in [0.15, 0.2) is 36.4 Å². The van der Waals surface area contributed by atoms with Crippen molar-refractivity contribution in [3.05, 3.63) is 47.5 Å². The molecule has 1 aromatic carbocycles. The highest BCUT2D eigenvalue weighted by Crippen LogP contribution is 2.35. The van der Waals surface area contributed by atoms with Crippen molar-refractivity contribution >= 4 is 23.6 Å². The Labute approximate surface area is 202 Å². The van der Waals surface area contributed by atoms with Gasteiger partial charge in [0, 0.05) is 26.1 Å². The topological polar surface area (TPSA) is 86.8 Å². The molecule has 0 radical (unpaired) electrons. The second kappa shape index (κ2) is 11.4. The number of hydrogen-bond donors (Lipinski definition) is 1. The molecule has 34 heavy (non-hydrogen) atoms. The summed E-state index contributed by atoms with van der Waals surface area (Å²) in [6, 6.07) is 7.18. The first-order valence-electron chi connectivity index (χ1n) is 12.4. The van der Waals surface area contributed by atoms with Gasteiger partial charge < -0.3 is 10.2 Å². The molecule has 1 aliphatic heterocycles. The Morgan fingerprint density at radius 3 is 2.26 bits per heavy atom. The van der Waals surface area contributed by atoms with Crippen LogP contribution in [0.25, 0.3) is 0 Å². The van der Waals surface area contributed by atoms with Crippen molar-refractivity contribution in [3.8, 4) is 0 Å². The van der Waals surface area contributed by atoms with Crippen LogP contribution in [0.5, 0.6) is 0 Å². The maximum absolute atomic E-state index is 13.5. The Morgan fingerprint density at radius 1 is 1.09 bits per heavy atom. The van der Waals surface area contributed by atoms with E-state index in [2.05, 4.69) is 5.32 Å². The second-order valence-corrected chi connectivity index (χ2v) is 9.75. The van der Waals surface area contributed by atoms with E-state index in [1.165, 1.54) is 4.90 Å². The molecule has 0 aromatic heterocycles. The molecule has 0 unspecified atom stereocenters. The Bertz CT molecular complexity index is 929. The molecule has 3 atom stereocenters. The average molecular weight is 468 g/mol. The van der Waals surface area contributed by atoms with Crippen molar-refractivity contribution < 1.29 is 19.2 Å². The lowest BCUT2D eigenvalue weighted by Gasteiger charge is -2.32. The van der Waals surface area contributed by atoms with Gasteiger partial charge in [-0.25, -0.2) is 0 Å². The molecule has 184 valence electrons. The first kappa shape index (κ1) is 25.7. The summed E-state index contributed by atoms with van der Waals surface area (Å²) in [5.41, 5.74) is 2.01. The van der Waals surface area contributed by atoms with E-state index in [-0.39, 0.29) is 48.4 Å². The summed E-state index contributed by atoms with van der Waals surface area (Å²) in [7, 11) is 0. The Kier molecular flexibility index (Phi) is 8.64. The number of benzene rings is 1. The van der Waals surface area contributed by atoms with Crippen LogP contribution in [0.1, 0.15) is 57.6 Å². The van der Waals surface area contributed by atoms with Gasteiger partial charge in [-0.2, -0.15) is 0 Å². The van der Waals surface area contributed by atoms with Crippen LogP contribution < -0.4 is 5.32 Å². The standard InChI is InChI=1S/C27H37N3O4/c1-5-23(25(32)28-16-18(2)3)30(17-20-11-7-6-10-19(20)4)24(31)14-15-29-26(33)21-12-8-9-13-22(21)27(29)34/h6-11,18,21-23H,5,12-17H2,1-4H3,(H,28,32)/t21-,22+,23-/m1/s1. The molecule has 7 heteroatoms. The van der Waals surface area contributed by atoms with E-state index in [0.29, 0.717) is 38.3 Å². The van der Waals surface area contributed by atoms with Crippen LogP contribution in [0.4, 0.5) is 0 Å². The predicted octanol–water partition coefficient (Wildman–Crippen LogP) is 3.22. The highest BCUT2D eigenvalue weighted by Gasteiger charge is 2.47. The fourth-order valence-electron chi connectivity index (χ4n) is 4.75. The minimum atomic E-state index is -0.623. The first-order chi connectivity index (χ1) is 16.2. The van der Waals surface area contributed by atoms with E-state index < -0.39 is 6.04 Å². The number of carbonyl (C=O) groups is 4. The van der Waals surface area contributed by atoms with Gasteiger partial charge in [0.05, 0.1) is 11.8 Å². The number of carbonyl (C=O) groups excluding carboxylic acids is 4. The number of fused-ring (bicyclic) bond motifs is 1. The molecule has 0 saturated carbocycles. The number of hydrogen-bond acceptors (Lipinski definition) is 4. The summed E-state index contributed by atoms with van der Waals surface area (Å²) in [5, 5.41) is 2.96. The monoisotopic (exact) mass is 467 g/mol. The van der Waals surface area contributed by atoms with Crippen LogP contribution in [0.3, 0.4) is 0 Å². The Morgan fingerprint density at radius 2 is 1.71 bits per heavy atom. The van der Waals surface area contributed by atoms with Gasteiger partial charge in [0.2, 0.25) is 23.6 Å². The highest BCUT2D eigenvalue weighted by atomic mass is 16.2. The van der Waals surface area contributed by atoms with E-state index in [1.54, 1.807) is 4.90 Å². The molecule has 4 amide bonds. The zero-order valence-corrected chi connectivity index (χ0v) is 20.8. The number of allylic oxidation sites excluding steroid dienone is 2. The van der Waals surface area contributed by atoms with Crippen molar-refractivity contribution in [1.29, 1.82) is 0 Å². The van der Waals surface area contributed by atoms with E-state index >= 15 is 0 Å². The third kappa shape index (κ3) is 5.75. The third-order valence-electron chi connectivity index (χ3n) is 6.82. The van der Waals surface area contributed by atoms with Gasteiger partial charge in [-0.3, -0.25) is 24.1 Å². The van der Waals surface area contributed by atoms with Crippen LogP contribution in [0, 0.1) is 24.7 Å². The molecule has 2 aliphatic rings. The molecule has 1 N–H and O–H groups in total. The number of amides is 4. The SMILES string of the molecule is CC[C@H](C(=O)NCC(C)C)N(Cc1ccccc1C)C(=O)CCN1C(=O)[C@H]2CC=CC[C@H]2C1=O. The summed E-state index contributed by atoms with van der Waals surface area (Å²) >= 11 is 0. The largest absolute Gasteiger partial charge is 0.354 e. The van der Waals surface area contributed by atoms with Crippen molar-refractivity contribution in [1.82, 2.24) is 15.1 Å². The van der Waals surface area contributed by atoms with Gasteiger partial charge in [-0.1, -0.05) is 57.2 Å². The van der Waals surface area contributed by atoms with Crippen LogP contribution in [0.2, 0.25) is 0 Å². The summed E-state index contributed by atoms with van der Waals surface area (Å²) in [5.74, 6) is -1.08. The fraction of sp³-hybridized carbons (Fsp3) is 0.556. The van der Waals surface area contributed by atoms with Gasteiger partial charge in [0.15, 0.2) is 0 Å². The number of aryl methyl sites for hydroxylation is 1. The predicted molar refractivity (Wildman–Crippen MR) is 130 cm³/mol. The lowest BCUT2D eigenvalue weighted by molar-refractivity contribution is -0.144. The van der Waals surface area contributed by atoms with Gasteiger partial charge in [-0.15, -0.1) is 0 Å². The Balaban J connectivity index is 1.76. The third-order valence-corrected chi connectivity index (χ3v) is 6.82. The van der Waals surface area contributed by atoms with Crippen molar-refractivity contribution in [2.24, 2.45) is 17.8 Å². The molecule has 1 heterocycles. The lowest BCUT2D eigenvalue weighted by atomic mass is 9.85. The Hall–Kier alpha value is -2.96. The van der Waals surface area contributed by atoms with Crippen molar-refractivity contribution in [2.45, 2.75) is 66.0 Å². The number of nitrogens with zero attached hydrogens (tertiary/aromatic N) is 2. The smallest absolute Gasteiger partial charge is 0.242 e.